The maximum absolute atomic E-state index is 10.8. The quantitative estimate of drug-likeness (QED) is 0.554. The maximum Gasteiger partial charge on any atom is 0.157 e. The monoisotopic (exact) mass is 141 g/mol. The van der Waals surface area contributed by atoms with E-state index < -0.39 is 0 Å². The van der Waals surface area contributed by atoms with Crippen molar-refractivity contribution >= 4 is 5.78 Å². The number of ketones is 1. The maximum atomic E-state index is 10.8. The molecule has 0 aliphatic carbocycles. The fourth-order valence-corrected chi connectivity index (χ4v) is 0.743. The molecule has 0 atom stereocenters. The van der Waals surface area contributed by atoms with Crippen molar-refractivity contribution in [1.82, 2.24) is 4.90 Å². The Morgan fingerprint density at radius 1 is 1.50 bits per heavy atom. The fraction of sp³-hybridized carbons (Fsp3) is 0.625. The summed E-state index contributed by atoms with van der Waals surface area (Å²) in [5.41, 5.74) is 0.880. The Labute approximate surface area is 62.5 Å². The van der Waals surface area contributed by atoms with Crippen molar-refractivity contribution in [2.24, 2.45) is 0 Å². The van der Waals surface area contributed by atoms with Crippen LogP contribution in [0, 0.1) is 0 Å². The molecule has 0 N–H and O–H groups in total. The molecule has 0 aliphatic heterocycles. The number of carbonyl (C=O) groups excluding carboxylic acids is 1. The molecule has 10 heavy (non-hydrogen) atoms. The summed E-state index contributed by atoms with van der Waals surface area (Å²) in [5, 5.41) is 0. The zero-order valence-corrected chi connectivity index (χ0v) is 7.14. The summed E-state index contributed by atoms with van der Waals surface area (Å²) in [6, 6.07) is 0. The van der Waals surface area contributed by atoms with Crippen molar-refractivity contribution < 1.29 is 4.79 Å². The Morgan fingerprint density at radius 3 is 2.10 bits per heavy atom. The summed E-state index contributed by atoms with van der Waals surface area (Å²) in [5.74, 6) is 0.163. The summed E-state index contributed by atoms with van der Waals surface area (Å²) >= 11 is 0. The number of rotatable bonds is 3. The van der Waals surface area contributed by atoms with E-state index in [1.165, 1.54) is 0 Å². The SMILES string of the molecule is CCC(=CN(C)C)C(C)=O. The van der Waals surface area contributed by atoms with Gasteiger partial charge in [-0.15, -0.1) is 0 Å². The van der Waals surface area contributed by atoms with Gasteiger partial charge < -0.3 is 4.90 Å². The van der Waals surface area contributed by atoms with E-state index in [-0.39, 0.29) is 5.78 Å². The molecular formula is C8H15NO. The average molecular weight is 141 g/mol. The van der Waals surface area contributed by atoms with Crippen LogP contribution in [0.15, 0.2) is 11.8 Å². The van der Waals surface area contributed by atoms with Gasteiger partial charge in [-0.25, -0.2) is 0 Å². The Bertz CT molecular complexity index is 147. The van der Waals surface area contributed by atoms with Gasteiger partial charge in [0.15, 0.2) is 5.78 Å². The summed E-state index contributed by atoms with van der Waals surface area (Å²) in [4.78, 5) is 12.7. The first-order valence-corrected chi connectivity index (χ1v) is 3.46. The molecule has 0 aromatic rings. The van der Waals surface area contributed by atoms with Gasteiger partial charge in [0.25, 0.3) is 0 Å². The van der Waals surface area contributed by atoms with Crippen molar-refractivity contribution in [3.05, 3.63) is 11.8 Å². The lowest BCUT2D eigenvalue weighted by Crippen LogP contribution is -2.06. The van der Waals surface area contributed by atoms with E-state index in [1.54, 1.807) is 6.92 Å². The Balaban J connectivity index is 4.19. The van der Waals surface area contributed by atoms with Gasteiger partial charge in [-0.05, 0) is 13.3 Å². The van der Waals surface area contributed by atoms with Gasteiger partial charge in [-0.3, -0.25) is 4.79 Å². The van der Waals surface area contributed by atoms with Crippen LogP contribution < -0.4 is 0 Å². The van der Waals surface area contributed by atoms with Crippen molar-refractivity contribution in [3.8, 4) is 0 Å². The Kier molecular flexibility index (Phi) is 3.77. The van der Waals surface area contributed by atoms with Gasteiger partial charge in [0, 0.05) is 25.9 Å². The average Bonchev–Trinajstić information content (AvgIpc) is 1.81. The van der Waals surface area contributed by atoms with Gasteiger partial charge in [-0.2, -0.15) is 0 Å². The highest BCUT2D eigenvalue weighted by Gasteiger charge is 1.99. The standard InChI is InChI=1S/C8H15NO/c1-5-8(7(2)10)6-9(3)4/h6H,5H2,1-4H3. The molecule has 0 spiro atoms. The van der Waals surface area contributed by atoms with E-state index in [0.29, 0.717) is 0 Å². The second kappa shape index (κ2) is 4.09. The minimum Gasteiger partial charge on any atom is -0.383 e. The molecular weight excluding hydrogens is 126 g/mol. The lowest BCUT2D eigenvalue weighted by Gasteiger charge is -2.06. The van der Waals surface area contributed by atoms with Crippen LogP contribution in [0.5, 0.6) is 0 Å². The zero-order valence-electron chi connectivity index (χ0n) is 7.14. The molecule has 0 radical (unpaired) electrons. The third-order valence-corrected chi connectivity index (χ3v) is 1.25. The van der Waals surface area contributed by atoms with E-state index in [9.17, 15) is 4.79 Å². The molecule has 58 valence electrons. The van der Waals surface area contributed by atoms with Crippen molar-refractivity contribution in [1.29, 1.82) is 0 Å². The first-order chi connectivity index (χ1) is 4.57. The first kappa shape index (κ1) is 9.21. The highest BCUT2D eigenvalue weighted by molar-refractivity contribution is 5.92. The predicted octanol–water partition coefficient (Wildman–Crippen LogP) is 1.43. The number of Topliss-reactive ketones (excluding diaryl/α,β-unsaturated/α-hetero) is 1. The van der Waals surface area contributed by atoms with Crippen molar-refractivity contribution in [2.45, 2.75) is 20.3 Å². The number of nitrogens with zero attached hydrogens (tertiary/aromatic N) is 1. The molecule has 0 fully saturated rings. The van der Waals surface area contributed by atoms with Crippen LogP contribution >= 0.6 is 0 Å². The molecule has 0 aromatic carbocycles. The second-order valence-corrected chi connectivity index (χ2v) is 2.53. The predicted molar refractivity (Wildman–Crippen MR) is 42.7 cm³/mol. The molecule has 0 saturated carbocycles. The van der Waals surface area contributed by atoms with Gasteiger partial charge in [0.1, 0.15) is 0 Å². The number of allylic oxidation sites excluding steroid dienone is 1. The van der Waals surface area contributed by atoms with Crippen LogP contribution in [-0.2, 0) is 4.79 Å². The smallest absolute Gasteiger partial charge is 0.157 e. The van der Waals surface area contributed by atoms with E-state index in [4.69, 9.17) is 0 Å². The van der Waals surface area contributed by atoms with Gasteiger partial charge in [0.2, 0.25) is 0 Å². The van der Waals surface area contributed by atoms with Gasteiger partial charge in [-0.1, -0.05) is 6.92 Å². The van der Waals surface area contributed by atoms with Gasteiger partial charge >= 0.3 is 0 Å². The molecule has 0 aromatic heterocycles. The molecule has 2 heteroatoms. The van der Waals surface area contributed by atoms with E-state index in [1.807, 2.05) is 32.1 Å². The number of hydrogen-bond donors (Lipinski definition) is 0. The molecule has 0 saturated heterocycles. The van der Waals surface area contributed by atoms with Crippen LogP contribution in [0.4, 0.5) is 0 Å². The van der Waals surface area contributed by atoms with Crippen LogP contribution in [-0.4, -0.2) is 24.8 Å². The Hall–Kier alpha value is -0.790. The van der Waals surface area contributed by atoms with Crippen molar-refractivity contribution in [3.63, 3.8) is 0 Å². The van der Waals surface area contributed by atoms with E-state index in [0.717, 1.165) is 12.0 Å². The molecule has 0 bridgehead atoms. The van der Waals surface area contributed by atoms with Crippen LogP contribution in [0.25, 0.3) is 0 Å². The molecule has 0 amide bonds. The molecule has 0 unspecified atom stereocenters. The lowest BCUT2D eigenvalue weighted by molar-refractivity contribution is -0.113. The number of hydrogen-bond acceptors (Lipinski definition) is 2. The fourth-order valence-electron chi connectivity index (χ4n) is 0.743. The molecule has 0 rings (SSSR count). The minimum absolute atomic E-state index is 0.163. The summed E-state index contributed by atoms with van der Waals surface area (Å²) in [6.07, 6.45) is 2.68. The number of carbonyl (C=O) groups is 1. The lowest BCUT2D eigenvalue weighted by atomic mass is 10.1. The zero-order chi connectivity index (χ0) is 8.15. The van der Waals surface area contributed by atoms with E-state index >= 15 is 0 Å². The van der Waals surface area contributed by atoms with E-state index in [2.05, 4.69) is 0 Å². The summed E-state index contributed by atoms with van der Waals surface area (Å²) in [7, 11) is 3.83. The third kappa shape index (κ3) is 3.28. The topological polar surface area (TPSA) is 20.3 Å². The highest BCUT2D eigenvalue weighted by Crippen LogP contribution is 2.01. The van der Waals surface area contributed by atoms with Crippen LogP contribution in [0.3, 0.4) is 0 Å². The van der Waals surface area contributed by atoms with Crippen LogP contribution in [0.1, 0.15) is 20.3 Å². The molecule has 0 heterocycles. The third-order valence-electron chi connectivity index (χ3n) is 1.25. The Morgan fingerprint density at radius 2 is 2.00 bits per heavy atom. The molecule has 2 nitrogen and oxygen atoms in total. The summed E-state index contributed by atoms with van der Waals surface area (Å²) in [6.45, 7) is 3.58. The van der Waals surface area contributed by atoms with Gasteiger partial charge in [0.05, 0.1) is 0 Å². The largest absolute Gasteiger partial charge is 0.383 e. The van der Waals surface area contributed by atoms with Crippen LogP contribution in [0.2, 0.25) is 0 Å². The first-order valence-electron chi connectivity index (χ1n) is 3.46. The summed E-state index contributed by atoms with van der Waals surface area (Å²) < 4.78 is 0. The molecule has 0 aliphatic rings. The van der Waals surface area contributed by atoms with Crippen molar-refractivity contribution in [2.75, 3.05) is 14.1 Å². The highest BCUT2D eigenvalue weighted by atomic mass is 16.1. The normalized spacial score (nSPS) is 11.4. The minimum atomic E-state index is 0.163. The second-order valence-electron chi connectivity index (χ2n) is 2.53.